The van der Waals surface area contributed by atoms with Crippen LogP contribution in [0.15, 0.2) is 186 Å². The molecular weight excluding hydrogens is 621 g/mol. The van der Waals surface area contributed by atoms with Crippen molar-refractivity contribution in [1.82, 2.24) is 9.13 Å². The minimum absolute atomic E-state index is 0.894. The summed E-state index contributed by atoms with van der Waals surface area (Å²) in [6.07, 6.45) is 0. The van der Waals surface area contributed by atoms with Gasteiger partial charge in [0, 0.05) is 38.0 Å². The first kappa shape index (κ1) is 28.0. The second kappa shape index (κ2) is 10.8. The minimum Gasteiger partial charge on any atom is -0.454 e. The molecule has 51 heavy (non-hydrogen) atoms. The smallest absolute Gasteiger partial charge is 0.159 e. The van der Waals surface area contributed by atoms with Gasteiger partial charge in [-0.1, -0.05) is 127 Å². The van der Waals surface area contributed by atoms with Crippen LogP contribution < -0.4 is 0 Å². The number of furan rings is 1. The van der Waals surface area contributed by atoms with Gasteiger partial charge in [0.15, 0.2) is 5.58 Å². The fourth-order valence-electron chi connectivity index (χ4n) is 8.21. The highest BCUT2D eigenvalue weighted by Gasteiger charge is 2.21. The zero-order chi connectivity index (χ0) is 33.5. The third kappa shape index (κ3) is 4.19. The minimum atomic E-state index is 0.894. The Kier molecular flexibility index (Phi) is 5.96. The quantitative estimate of drug-likeness (QED) is 0.186. The van der Waals surface area contributed by atoms with E-state index in [1.807, 2.05) is 6.07 Å². The van der Waals surface area contributed by atoms with E-state index in [9.17, 15) is 0 Å². The van der Waals surface area contributed by atoms with Crippen molar-refractivity contribution in [3.8, 4) is 33.6 Å². The Balaban J connectivity index is 1.26. The van der Waals surface area contributed by atoms with Gasteiger partial charge in [-0.3, -0.25) is 0 Å². The van der Waals surface area contributed by atoms with Crippen LogP contribution in [0.3, 0.4) is 0 Å². The summed E-state index contributed by atoms with van der Waals surface area (Å²) in [6.45, 7) is 0. The number of fused-ring (bicyclic) bond motifs is 9. The van der Waals surface area contributed by atoms with Gasteiger partial charge >= 0.3 is 0 Å². The van der Waals surface area contributed by atoms with Crippen LogP contribution in [-0.4, -0.2) is 9.13 Å². The van der Waals surface area contributed by atoms with Gasteiger partial charge in [0.05, 0.1) is 27.8 Å². The van der Waals surface area contributed by atoms with Crippen LogP contribution in [0.4, 0.5) is 0 Å². The Labute approximate surface area is 293 Å². The highest BCUT2D eigenvalue weighted by molar-refractivity contribution is 6.20. The lowest BCUT2D eigenvalue weighted by atomic mass is 9.98. The van der Waals surface area contributed by atoms with Gasteiger partial charge in [0.1, 0.15) is 5.58 Å². The first-order valence-corrected chi connectivity index (χ1v) is 17.4. The number of hydrogen-bond acceptors (Lipinski definition) is 1. The van der Waals surface area contributed by atoms with E-state index in [1.54, 1.807) is 0 Å². The van der Waals surface area contributed by atoms with Crippen LogP contribution in [0, 0.1) is 0 Å². The lowest BCUT2D eigenvalue weighted by molar-refractivity contribution is 0.666. The van der Waals surface area contributed by atoms with E-state index in [0.29, 0.717) is 0 Å². The lowest BCUT2D eigenvalue weighted by Crippen LogP contribution is -1.97. The van der Waals surface area contributed by atoms with Gasteiger partial charge in [-0.05, 0) is 76.9 Å². The van der Waals surface area contributed by atoms with Crippen LogP contribution in [-0.2, 0) is 0 Å². The summed E-state index contributed by atoms with van der Waals surface area (Å²) in [5.74, 6) is 0. The van der Waals surface area contributed by atoms with E-state index >= 15 is 0 Å². The predicted molar refractivity (Wildman–Crippen MR) is 213 cm³/mol. The Morgan fingerprint density at radius 2 is 0.843 bits per heavy atom. The molecule has 11 aromatic rings. The Hall–Kier alpha value is -6.84. The molecule has 0 spiro atoms. The number of rotatable bonds is 4. The standard InChI is InChI=1S/C48H30N2O/c1-3-14-31(15-4-1)33-26-34(32-16-5-2-6-17-32)28-35(27-33)49-42-22-10-7-18-36(42)40-29-41-37-19-8-11-23-43(37)50(46(41)30-45(40)49)44-24-13-21-39-38-20-9-12-25-47(38)51-48(39)44/h1-30H. The van der Waals surface area contributed by atoms with E-state index in [4.69, 9.17) is 4.42 Å². The van der Waals surface area contributed by atoms with Gasteiger partial charge in [0.2, 0.25) is 0 Å². The second-order valence-electron chi connectivity index (χ2n) is 13.3. The maximum Gasteiger partial charge on any atom is 0.159 e. The molecule has 0 saturated heterocycles. The fourth-order valence-corrected chi connectivity index (χ4v) is 8.21. The zero-order valence-electron chi connectivity index (χ0n) is 27.6. The van der Waals surface area contributed by atoms with Crippen LogP contribution in [0.5, 0.6) is 0 Å². The van der Waals surface area contributed by atoms with Crippen molar-refractivity contribution in [2.75, 3.05) is 0 Å². The molecule has 3 heteroatoms. The summed E-state index contributed by atoms with van der Waals surface area (Å²) in [7, 11) is 0. The number of para-hydroxylation sites is 4. The zero-order valence-corrected chi connectivity index (χ0v) is 27.6. The van der Waals surface area contributed by atoms with Crippen molar-refractivity contribution in [3.05, 3.63) is 182 Å². The Bertz CT molecular complexity index is 3070. The van der Waals surface area contributed by atoms with E-state index < -0.39 is 0 Å². The molecule has 3 aromatic heterocycles. The third-order valence-corrected chi connectivity index (χ3v) is 10.5. The molecule has 0 radical (unpaired) electrons. The lowest BCUT2D eigenvalue weighted by Gasteiger charge is -2.14. The van der Waals surface area contributed by atoms with Crippen molar-refractivity contribution in [3.63, 3.8) is 0 Å². The van der Waals surface area contributed by atoms with Gasteiger partial charge in [-0.25, -0.2) is 0 Å². The van der Waals surface area contributed by atoms with Crippen molar-refractivity contribution >= 4 is 65.6 Å². The van der Waals surface area contributed by atoms with Crippen LogP contribution >= 0.6 is 0 Å². The molecule has 11 rings (SSSR count). The van der Waals surface area contributed by atoms with Crippen LogP contribution in [0.1, 0.15) is 0 Å². The third-order valence-electron chi connectivity index (χ3n) is 10.5. The maximum atomic E-state index is 6.62. The average molecular weight is 651 g/mol. The molecule has 8 aromatic carbocycles. The van der Waals surface area contributed by atoms with Crippen LogP contribution in [0.2, 0.25) is 0 Å². The molecule has 0 N–H and O–H groups in total. The topological polar surface area (TPSA) is 23.0 Å². The maximum absolute atomic E-state index is 6.62. The average Bonchev–Trinajstić information content (AvgIpc) is 3.85. The SMILES string of the molecule is c1ccc(-c2cc(-c3ccccc3)cc(-n3c4ccccc4c4cc5c6ccccc6n(-c6cccc7c6oc6ccccc67)c5cc43)c2)cc1. The van der Waals surface area contributed by atoms with Gasteiger partial charge in [0.25, 0.3) is 0 Å². The molecule has 0 aliphatic rings. The molecule has 0 amide bonds. The molecule has 3 nitrogen and oxygen atoms in total. The first-order chi connectivity index (χ1) is 25.3. The molecular formula is C48H30N2O. The van der Waals surface area contributed by atoms with E-state index in [0.717, 1.165) is 49.9 Å². The largest absolute Gasteiger partial charge is 0.454 e. The van der Waals surface area contributed by atoms with Gasteiger partial charge < -0.3 is 13.6 Å². The van der Waals surface area contributed by atoms with E-state index in [-0.39, 0.29) is 0 Å². The van der Waals surface area contributed by atoms with Gasteiger partial charge in [-0.15, -0.1) is 0 Å². The van der Waals surface area contributed by atoms with Gasteiger partial charge in [-0.2, -0.15) is 0 Å². The summed E-state index contributed by atoms with van der Waals surface area (Å²) in [4.78, 5) is 0. The van der Waals surface area contributed by atoms with Crippen molar-refractivity contribution in [2.45, 2.75) is 0 Å². The number of aromatic nitrogens is 2. The van der Waals surface area contributed by atoms with E-state index in [2.05, 4.69) is 185 Å². The Morgan fingerprint density at radius 3 is 1.51 bits per heavy atom. The monoisotopic (exact) mass is 650 g/mol. The summed E-state index contributed by atoms with van der Waals surface area (Å²) < 4.78 is 11.5. The van der Waals surface area contributed by atoms with E-state index in [1.165, 1.54) is 49.3 Å². The molecule has 0 fully saturated rings. The van der Waals surface area contributed by atoms with Crippen molar-refractivity contribution < 1.29 is 4.42 Å². The van der Waals surface area contributed by atoms with Crippen LogP contribution in [0.25, 0.3) is 99.2 Å². The van der Waals surface area contributed by atoms with Crippen molar-refractivity contribution in [2.24, 2.45) is 0 Å². The second-order valence-corrected chi connectivity index (χ2v) is 13.3. The molecule has 0 saturated carbocycles. The molecule has 3 heterocycles. The molecule has 0 bridgehead atoms. The van der Waals surface area contributed by atoms with Crippen molar-refractivity contribution in [1.29, 1.82) is 0 Å². The number of nitrogens with zero attached hydrogens (tertiary/aromatic N) is 2. The highest BCUT2D eigenvalue weighted by atomic mass is 16.3. The molecule has 0 aliphatic heterocycles. The summed E-state index contributed by atoms with van der Waals surface area (Å²) in [5, 5.41) is 7.15. The summed E-state index contributed by atoms with van der Waals surface area (Å²) in [5.41, 5.74) is 13.3. The fraction of sp³-hybridized carbons (Fsp3) is 0. The summed E-state index contributed by atoms with van der Waals surface area (Å²) >= 11 is 0. The predicted octanol–water partition coefficient (Wildman–Crippen LogP) is 13.1. The molecule has 0 unspecified atom stereocenters. The summed E-state index contributed by atoms with van der Waals surface area (Å²) in [6, 6.07) is 65.5. The highest BCUT2D eigenvalue weighted by Crippen LogP contribution is 2.42. The number of benzene rings is 8. The molecule has 238 valence electrons. The normalized spacial score (nSPS) is 11.9. The molecule has 0 aliphatic carbocycles. The number of hydrogen-bond donors (Lipinski definition) is 0. The Morgan fingerprint density at radius 1 is 0.314 bits per heavy atom. The first-order valence-electron chi connectivity index (χ1n) is 17.4. The molecule has 0 atom stereocenters.